The summed E-state index contributed by atoms with van der Waals surface area (Å²) in [6.07, 6.45) is 2.63. The van der Waals surface area contributed by atoms with Crippen molar-refractivity contribution in [2.75, 3.05) is 13.4 Å². The van der Waals surface area contributed by atoms with Crippen LogP contribution in [-0.2, 0) is 10.0 Å². The lowest BCUT2D eigenvalue weighted by Gasteiger charge is -2.10. The number of rotatable bonds is 5. The molecule has 0 unspecified atom stereocenters. The van der Waals surface area contributed by atoms with Gasteiger partial charge in [-0.25, -0.2) is 8.42 Å². The third-order valence-electron chi connectivity index (χ3n) is 2.90. The van der Waals surface area contributed by atoms with E-state index in [-0.39, 0.29) is 0 Å². The predicted octanol–water partition coefficient (Wildman–Crippen LogP) is 2.63. The molecule has 0 amide bonds. The minimum Gasteiger partial charge on any atom is -0.497 e. The molecule has 0 heterocycles. The van der Waals surface area contributed by atoms with E-state index in [0.717, 1.165) is 28.7 Å². The molecule has 0 bridgehead atoms. The van der Waals surface area contributed by atoms with Crippen LogP contribution >= 0.6 is 0 Å². The van der Waals surface area contributed by atoms with E-state index in [1.54, 1.807) is 7.11 Å². The first-order valence-electron chi connectivity index (χ1n) is 6.37. The Balaban J connectivity index is 2.44. The van der Waals surface area contributed by atoms with Gasteiger partial charge in [-0.1, -0.05) is 42.5 Å². The summed E-state index contributed by atoms with van der Waals surface area (Å²) >= 11 is 0. The summed E-state index contributed by atoms with van der Waals surface area (Å²) in [4.78, 5) is 0. The van der Waals surface area contributed by atoms with Gasteiger partial charge in [-0.15, -0.1) is 0 Å². The van der Waals surface area contributed by atoms with Crippen LogP contribution in [0.2, 0.25) is 0 Å². The molecule has 21 heavy (non-hydrogen) atoms. The van der Waals surface area contributed by atoms with Crippen molar-refractivity contribution in [2.45, 2.75) is 0 Å². The second-order valence-corrected chi connectivity index (χ2v) is 6.32. The fourth-order valence-electron chi connectivity index (χ4n) is 1.89. The number of ether oxygens (including phenoxy) is 1. The molecule has 0 aliphatic heterocycles. The topological polar surface area (TPSA) is 55.4 Å². The van der Waals surface area contributed by atoms with Crippen LogP contribution in [-0.4, -0.2) is 21.8 Å². The van der Waals surface area contributed by atoms with Crippen molar-refractivity contribution in [3.8, 4) is 5.75 Å². The molecule has 4 nitrogen and oxygen atoms in total. The van der Waals surface area contributed by atoms with Crippen LogP contribution in [0.25, 0.3) is 5.57 Å². The maximum atomic E-state index is 11.3. The van der Waals surface area contributed by atoms with E-state index in [1.807, 2.05) is 54.6 Å². The minimum atomic E-state index is -3.30. The summed E-state index contributed by atoms with van der Waals surface area (Å²) in [6.45, 7) is 0. The molecule has 0 radical (unpaired) electrons. The van der Waals surface area contributed by atoms with Gasteiger partial charge in [-0.3, -0.25) is 4.72 Å². The van der Waals surface area contributed by atoms with E-state index in [4.69, 9.17) is 4.74 Å². The number of sulfonamides is 1. The highest BCUT2D eigenvalue weighted by atomic mass is 32.2. The van der Waals surface area contributed by atoms with Gasteiger partial charge in [-0.2, -0.15) is 0 Å². The maximum Gasteiger partial charge on any atom is 0.229 e. The minimum absolute atomic E-state index is 0.752. The molecular formula is C16H17NO3S. The van der Waals surface area contributed by atoms with Crippen molar-refractivity contribution in [3.05, 3.63) is 71.9 Å². The molecule has 0 aliphatic carbocycles. The van der Waals surface area contributed by atoms with Gasteiger partial charge in [0.2, 0.25) is 10.0 Å². The van der Waals surface area contributed by atoms with Crippen LogP contribution in [0.15, 0.2) is 60.8 Å². The highest BCUT2D eigenvalue weighted by Gasteiger charge is 2.06. The molecule has 1 N–H and O–H groups in total. The average Bonchev–Trinajstić information content (AvgIpc) is 2.48. The summed E-state index contributed by atoms with van der Waals surface area (Å²) in [5, 5.41) is 0. The predicted molar refractivity (Wildman–Crippen MR) is 84.5 cm³/mol. The average molecular weight is 303 g/mol. The fourth-order valence-corrected chi connectivity index (χ4v) is 2.22. The van der Waals surface area contributed by atoms with Crippen LogP contribution in [0.4, 0.5) is 0 Å². The van der Waals surface area contributed by atoms with Gasteiger partial charge < -0.3 is 4.74 Å². The molecule has 0 fully saturated rings. The lowest BCUT2D eigenvalue weighted by atomic mass is 9.99. The molecule has 0 saturated heterocycles. The van der Waals surface area contributed by atoms with Gasteiger partial charge in [0, 0.05) is 11.8 Å². The summed E-state index contributed by atoms with van der Waals surface area (Å²) in [5.74, 6) is 0.752. The first kappa shape index (κ1) is 15.1. The van der Waals surface area contributed by atoms with E-state index in [1.165, 1.54) is 6.20 Å². The molecule has 0 spiro atoms. The zero-order chi connectivity index (χ0) is 15.3. The Kier molecular flexibility index (Phi) is 4.65. The molecule has 0 aromatic heterocycles. The van der Waals surface area contributed by atoms with Crippen molar-refractivity contribution in [1.82, 2.24) is 4.72 Å². The number of hydrogen-bond donors (Lipinski definition) is 1. The third kappa shape index (κ3) is 4.36. The van der Waals surface area contributed by atoms with Gasteiger partial charge in [0.15, 0.2) is 0 Å². The van der Waals surface area contributed by atoms with Crippen molar-refractivity contribution < 1.29 is 13.2 Å². The van der Waals surface area contributed by atoms with Gasteiger partial charge in [-0.05, 0) is 23.3 Å². The normalized spacial score (nSPS) is 12.0. The fraction of sp³-hybridized carbons (Fsp3) is 0.125. The largest absolute Gasteiger partial charge is 0.497 e. The number of nitrogens with one attached hydrogen (secondary N) is 1. The number of hydrogen-bond acceptors (Lipinski definition) is 3. The quantitative estimate of drug-likeness (QED) is 0.924. The van der Waals surface area contributed by atoms with Gasteiger partial charge in [0.25, 0.3) is 0 Å². The number of benzene rings is 2. The molecule has 110 valence electrons. The van der Waals surface area contributed by atoms with E-state index in [9.17, 15) is 8.42 Å². The highest BCUT2D eigenvalue weighted by molar-refractivity contribution is 7.88. The molecular weight excluding hydrogens is 286 g/mol. The van der Waals surface area contributed by atoms with E-state index in [0.29, 0.717) is 0 Å². The second kappa shape index (κ2) is 6.45. The number of methoxy groups -OCH3 is 1. The molecule has 2 rings (SSSR count). The standard InChI is InChI=1S/C16H17NO3S/c1-20-15-10-8-14(9-11-15)16(12-17-21(2,18)19)13-6-4-3-5-7-13/h3-12,17H,1-2H3/b16-12-. The summed E-state index contributed by atoms with van der Waals surface area (Å²) in [5.41, 5.74) is 2.63. The zero-order valence-corrected chi connectivity index (χ0v) is 12.7. The van der Waals surface area contributed by atoms with E-state index >= 15 is 0 Å². The van der Waals surface area contributed by atoms with Gasteiger partial charge in [0.1, 0.15) is 5.75 Å². The van der Waals surface area contributed by atoms with Crippen molar-refractivity contribution in [3.63, 3.8) is 0 Å². The monoisotopic (exact) mass is 303 g/mol. The van der Waals surface area contributed by atoms with E-state index in [2.05, 4.69) is 4.72 Å². The summed E-state index contributed by atoms with van der Waals surface area (Å²) < 4.78 is 30.2. The second-order valence-electron chi connectivity index (χ2n) is 4.54. The summed E-state index contributed by atoms with van der Waals surface area (Å²) in [6, 6.07) is 17.1. The van der Waals surface area contributed by atoms with Crippen molar-refractivity contribution >= 4 is 15.6 Å². The Labute approximate surface area is 125 Å². The molecule has 0 saturated carbocycles. The van der Waals surface area contributed by atoms with Crippen LogP contribution in [0.1, 0.15) is 11.1 Å². The van der Waals surface area contributed by atoms with Gasteiger partial charge >= 0.3 is 0 Å². The molecule has 2 aromatic carbocycles. The van der Waals surface area contributed by atoms with E-state index < -0.39 is 10.0 Å². The first-order chi connectivity index (χ1) is 9.99. The van der Waals surface area contributed by atoms with Crippen LogP contribution in [0.3, 0.4) is 0 Å². The summed E-state index contributed by atoms with van der Waals surface area (Å²) in [7, 11) is -1.69. The van der Waals surface area contributed by atoms with Crippen molar-refractivity contribution in [2.24, 2.45) is 0 Å². The molecule has 5 heteroatoms. The maximum absolute atomic E-state index is 11.3. The SMILES string of the molecule is COc1ccc(/C(=C\NS(C)(=O)=O)c2ccccc2)cc1. The van der Waals surface area contributed by atoms with Crippen molar-refractivity contribution in [1.29, 1.82) is 0 Å². The lowest BCUT2D eigenvalue weighted by molar-refractivity contribution is 0.415. The first-order valence-corrected chi connectivity index (χ1v) is 8.26. The zero-order valence-electron chi connectivity index (χ0n) is 11.9. The molecule has 0 atom stereocenters. The Hall–Kier alpha value is -2.27. The van der Waals surface area contributed by atoms with Crippen LogP contribution < -0.4 is 9.46 Å². The molecule has 0 aliphatic rings. The smallest absolute Gasteiger partial charge is 0.229 e. The molecule has 2 aromatic rings. The third-order valence-corrected chi connectivity index (χ3v) is 3.45. The Morgan fingerprint density at radius 3 is 2.10 bits per heavy atom. The van der Waals surface area contributed by atoms with Crippen LogP contribution in [0.5, 0.6) is 5.75 Å². The Bertz CT molecular complexity index is 720. The highest BCUT2D eigenvalue weighted by Crippen LogP contribution is 2.24. The van der Waals surface area contributed by atoms with Crippen LogP contribution in [0, 0.1) is 0 Å². The Morgan fingerprint density at radius 1 is 1.00 bits per heavy atom. The lowest BCUT2D eigenvalue weighted by Crippen LogP contribution is -2.15. The Morgan fingerprint density at radius 2 is 1.57 bits per heavy atom. The van der Waals surface area contributed by atoms with Gasteiger partial charge in [0.05, 0.1) is 13.4 Å².